The third-order valence-electron chi connectivity index (χ3n) is 5.01. The molecule has 0 spiro atoms. The van der Waals surface area contributed by atoms with Crippen molar-refractivity contribution in [3.8, 4) is 0 Å². The second-order valence-electron chi connectivity index (χ2n) is 6.59. The maximum atomic E-state index is 4.53. The van der Waals surface area contributed by atoms with Crippen molar-refractivity contribution < 1.29 is 0 Å². The van der Waals surface area contributed by atoms with E-state index in [4.69, 9.17) is 0 Å². The molecule has 3 rings (SSSR count). The van der Waals surface area contributed by atoms with Crippen molar-refractivity contribution in [3.05, 3.63) is 48.3 Å². The normalized spacial score (nSPS) is 18.5. The van der Waals surface area contributed by atoms with Crippen molar-refractivity contribution in [2.24, 2.45) is 0 Å². The molecule has 0 radical (unpaired) electrons. The van der Waals surface area contributed by atoms with E-state index >= 15 is 0 Å². The van der Waals surface area contributed by atoms with Gasteiger partial charge in [-0.1, -0.05) is 13.0 Å². The first kappa shape index (κ1) is 17.1. The quantitative estimate of drug-likeness (QED) is 0.747. The van der Waals surface area contributed by atoms with E-state index in [2.05, 4.69) is 50.3 Å². The van der Waals surface area contributed by atoms with Crippen molar-refractivity contribution in [3.63, 3.8) is 0 Å². The maximum Gasteiger partial charge on any atom is 0.0948 e. The van der Waals surface area contributed by atoms with Crippen LogP contribution in [0.4, 0.5) is 0 Å². The molecule has 1 aliphatic rings. The number of likely N-dealkylation sites (N-methyl/N-ethyl adjacent to an activating group) is 1. The fourth-order valence-electron chi connectivity index (χ4n) is 3.72. The predicted octanol–water partition coefficient (Wildman–Crippen LogP) is 2.78. The van der Waals surface area contributed by atoms with Gasteiger partial charge in [0.25, 0.3) is 0 Å². The molecule has 5 heteroatoms. The zero-order valence-corrected chi connectivity index (χ0v) is 14.9. The van der Waals surface area contributed by atoms with Crippen LogP contribution in [0.25, 0.3) is 0 Å². The van der Waals surface area contributed by atoms with E-state index in [1.807, 2.05) is 24.8 Å². The molecule has 3 heterocycles. The smallest absolute Gasteiger partial charge is 0.0948 e. The topological polar surface area (TPSA) is 37.2 Å². The number of nitrogens with zero attached hydrogens (tertiary/aromatic N) is 5. The van der Waals surface area contributed by atoms with Crippen molar-refractivity contribution in [1.82, 2.24) is 24.3 Å². The molecule has 0 saturated carbocycles. The van der Waals surface area contributed by atoms with Crippen LogP contribution in [0.15, 0.2) is 36.9 Å². The first-order valence-electron chi connectivity index (χ1n) is 9.15. The van der Waals surface area contributed by atoms with Gasteiger partial charge in [0.15, 0.2) is 0 Å². The van der Waals surface area contributed by atoms with Crippen LogP contribution < -0.4 is 0 Å². The second kappa shape index (κ2) is 8.40. The lowest BCUT2D eigenvalue weighted by atomic mass is 10.2. The first-order valence-corrected chi connectivity index (χ1v) is 9.15. The van der Waals surface area contributed by atoms with Gasteiger partial charge in [-0.3, -0.25) is 14.8 Å². The minimum atomic E-state index is 0.664. The molecule has 24 heavy (non-hydrogen) atoms. The highest BCUT2D eigenvalue weighted by molar-refractivity contribution is 5.05. The summed E-state index contributed by atoms with van der Waals surface area (Å²) in [5.74, 6) is 0. The number of likely N-dealkylation sites (tertiary alicyclic amines) is 1. The van der Waals surface area contributed by atoms with Crippen molar-refractivity contribution in [1.29, 1.82) is 0 Å². The Morgan fingerprint density at radius 3 is 2.88 bits per heavy atom. The van der Waals surface area contributed by atoms with E-state index in [0.717, 1.165) is 38.4 Å². The van der Waals surface area contributed by atoms with Gasteiger partial charge in [0.2, 0.25) is 0 Å². The van der Waals surface area contributed by atoms with Gasteiger partial charge < -0.3 is 4.57 Å². The maximum absolute atomic E-state index is 4.53. The summed E-state index contributed by atoms with van der Waals surface area (Å²) in [5, 5.41) is 0. The van der Waals surface area contributed by atoms with Gasteiger partial charge in [0.05, 0.1) is 17.7 Å². The fourth-order valence-corrected chi connectivity index (χ4v) is 3.72. The Bertz CT molecular complexity index is 609. The van der Waals surface area contributed by atoms with Crippen LogP contribution in [0.2, 0.25) is 0 Å². The SMILES string of the molecule is CCN1CCC[C@@H]1CN(Cc1ccccn1)Cc1cncn1CC. The van der Waals surface area contributed by atoms with Crippen LogP contribution in [0, 0.1) is 0 Å². The predicted molar refractivity (Wildman–Crippen MR) is 96.5 cm³/mol. The molecule has 130 valence electrons. The molecule has 0 amide bonds. The average molecular weight is 327 g/mol. The Morgan fingerprint density at radius 1 is 1.21 bits per heavy atom. The Balaban J connectivity index is 1.72. The summed E-state index contributed by atoms with van der Waals surface area (Å²) in [7, 11) is 0. The van der Waals surface area contributed by atoms with Crippen LogP contribution >= 0.6 is 0 Å². The molecule has 0 aliphatic carbocycles. The van der Waals surface area contributed by atoms with Crippen LogP contribution in [-0.4, -0.2) is 50.0 Å². The molecule has 1 fully saturated rings. The number of imidazole rings is 1. The summed E-state index contributed by atoms with van der Waals surface area (Å²) in [5.41, 5.74) is 2.43. The molecular formula is C19H29N5. The summed E-state index contributed by atoms with van der Waals surface area (Å²) < 4.78 is 2.23. The van der Waals surface area contributed by atoms with E-state index in [9.17, 15) is 0 Å². The number of hydrogen-bond donors (Lipinski definition) is 0. The van der Waals surface area contributed by atoms with Crippen LogP contribution in [-0.2, 0) is 19.6 Å². The van der Waals surface area contributed by atoms with E-state index in [0.29, 0.717) is 6.04 Å². The summed E-state index contributed by atoms with van der Waals surface area (Å²) in [6.45, 7) is 10.7. The molecule has 1 saturated heterocycles. The lowest BCUT2D eigenvalue weighted by molar-refractivity contribution is 0.162. The molecule has 2 aromatic rings. The fraction of sp³-hybridized carbons (Fsp3) is 0.579. The Kier molecular flexibility index (Phi) is 5.99. The Hall–Kier alpha value is -1.72. The van der Waals surface area contributed by atoms with Gasteiger partial charge in [-0.15, -0.1) is 0 Å². The standard InChI is InChI=1S/C19H29N5/c1-3-23-11-7-9-18(23)14-22(13-17-8-5-6-10-21-17)15-19-12-20-16-24(19)4-2/h5-6,8,10,12,16,18H,3-4,7,9,11,13-15H2,1-2H3/t18-/m1/s1. The molecule has 2 aromatic heterocycles. The zero-order chi connectivity index (χ0) is 16.8. The van der Waals surface area contributed by atoms with E-state index < -0.39 is 0 Å². The molecule has 0 N–H and O–H groups in total. The molecule has 1 atom stereocenters. The number of aromatic nitrogens is 3. The zero-order valence-electron chi connectivity index (χ0n) is 14.9. The van der Waals surface area contributed by atoms with Crippen LogP contribution in [0.3, 0.4) is 0 Å². The van der Waals surface area contributed by atoms with Crippen molar-refractivity contribution in [2.75, 3.05) is 19.6 Å². The van der Waals surface area contributed by atoms with Gasteiger partial charge in [-0.2, -0.15) is 0 Å². The molecule has 5 nitrogen and oxygen atoms in total. The lowest BCUT2D eigenvalue weighted by Crippen LogP contribution is -2.40. The minimum absolute atomic E-state index is 0.664. The van der Waals surface area contributed by atoms with Gasteiger partial charge in [-0.25, -0.2) is 4.98 Å². The van der Waals surface area contributed by atoms with Gasteiger partial charge >= 0.3 is 0 Å². The molecular weight excluding hydrogens is 298 g/mol. The summed E-state index contributed by atoms with van der Waals surface area (Å²) in [4.78, 5) is 14.0. The molecule has 0 bridgehead atoms. The molecule has 0 aromatic carbocycles. The summed E-state index contributed by atoms with van der Waals surface area (Å²) in [6, 6.07) is 6.84. The summed E-state index contributed by atoms with van der Waals surface area (Å²) >= 11 is 0. The van der Waals surface area contributed by atoms with Crippen LogP contribution in [0.1, 0.15) is 38.1 Å². The molecule has 1 aliphatic heterocycles. The van der Waals surface area contributed by atoms with Gasteiger partial charge in [0, 0.05) is 44.6 Å². The third-order valence-corrected chi connectivity index (χ3v) is 5.01. The first-order chi connectivity index (χ1) is 11.8. The highest BCUT2D eigenvalue weighted by Crippen LogP contribution is 2.19. The van der Waals surface area contributed by atoms with Crippen molar-refractivity contribution in [2.45, 2.75) is 52.4 Å². The number of pyridine rings is 1. The van der Waals surface area contributed by atoms with E-state index in [-0.39, 0.29) is 0 Å². The number of rotatable bonds is 8. The lowest BCUT2D eigenvalue weighted by Gasteiger charge is -2.30. The molecule has 0 unspecified atom stereocenters. The highest BCUT2D eigenvalue weighted by atomic mass is 15.2. The Labute approximate surface area is 145 Å². The average Bonchev–Trinajstić information content (AvgIpc) is 3.24. The monoisotopic (exact) mass is 327 g/mol. The number of hydrogen-bond acceptors (Lipinski definition) is 4. The number of aryl methyl sites for hydroxylation is 1. The second-order valence-corrected chi connectivity index (χ2v) is 6.59. The summed E-state index contributed by atoms with van der Waals surface area (Å²) in [6.07, 6.45) is 8.45. The van der Waals surface area contributed by atoms with Gasteiger partial charge in [0.1, 0.15) is 0 Å². The van der Waals surface area contributed by atoms with Crippen molar-refractivity contribution >= 4 is 0 Å². The van der Waals surface area contributed by atoms with Gasteiger partial charge in [-0.05, 0) is 45.0 Å². The van der Waals surface area contributed by atoms with Crippen LogP contribution in [0.5, 0.6) is 0 Å². The third kappa shape index (κ3) is 4.22. The highest BCUT2D eigenvalue weighted by Gasteiger charge is 2.25. The minimum Gasteiger partial charge on any atom is -0.334 e. The van der Waals surface area contributed by atoms with E-state index in [1.165, 1.54) is 25.1 Å². The van der Waals surface area contributed by atoms with E-state index in [1.54, 1.807) is 0 Å². The Morgan fingerprint density at radius 2 is 2.12 bits per heavy atom. The largest absolute Gasteiger partial charge is 0.334 e.